The highest BCUT2D eigenvalue weighted by atomic mass is 35.5. The number of hydrogen-bond donors (Lipinski definition) is 3. The molecular weight excluding hydrogens is 394 g/mol. The number of aliphatic hydroxyl groups excluding tert-OH is 2. The van der Waals surface area contributed by atoms with Crippen molar-refractivity contribution in [1.29, 1.82) is 0 Å². The van der Waals surface area contributed by atoms with E-state index in [2.05, 4.69) is 59.9 Å². The van der Waals surface area contributed by atoms with Crippen LogP contribution < -0.4 is 5.32 Å². The summed E-state index contributed by atoms with van der Waals surface area (Å²) in [6.45, 7) is 0.436. The summed E-state index contributed by atoms with van der Waals surface area (Å²) < 4.78 is 0. The molecular formula is C26H24ClNO2. The van der Waals surface area contributed by atoms with Crippen LogP contribution in [0.5, 0.6) is 0 Å². The highest BCUT2D eigenvalue weighted by molar-refractivity contribution is 6.23. The maximum absolute atomic E-state index is 10.7. The third-order valence-corrected chi connectivity index (χ3v) is 5.89. The number of nitrogens with one attached hydrogen (secondary N) is 1. The zero-order chi connectivity index (χ0) is 19.8. The van der Waals surface area contributed by atoms with Gasteiger partial charge in [-0.3, -0.25) is 0 Å². The molecule has 0 heterocycles. The summed E-state index contributed by atoms with van der Waals surface area (Å²) >= 11 is 0. The average Bonchev–Trinajstić information content (AvgIpc) is 2.79. The highest BCUT2D eigenvalue weighted by Gasteiger charge is 2.20. The minimum atomic E-state index is -0.763. The Hall–Kier alpha value is -2.69. The Bertz CT molecular complexity index is 1260. The first-order valence-corrected chi connectivity index (χ1v) is 9.99. The molecule has 4 heteroatoms. The van der Waals surface area contributed by atoms with Crippen molar-refractivity contribution in [3.05, 3.63) is 96.1 Å². The molecule has 152 valence electrons. The van der Waals surface area contributed by atoms with Crippen LogP contribution in [0, 0.1) is 0 Å². The van der Waals surface area contributed by atoms with Crippen LogP contribution in [0.15, 0.2) is 84.9 Å². The SMILES string of the molecule is Cl.OCC(NCc1ccc2ccc3cccc4ccc1c2c34)C(O)c1ccccc1. The molecule has 0 bridgehead atoms. The second-order valence-electron chi connectivity index (χ2n) is 7.61. The molecule has 0 amide bonds. The molecule has 0 aliphatic rings. The van der Waals surface area contributed by atoms with Gasteiger partial charge in [0.05, 0.1) is 18.8 Å². The van der Waals surface area contributed by atoms with Crippen molar-refractivity contribution in [3.63, 3.8) is 0 Å². The van der Waals surface area contributed by atoms with E-state index in [4.69, 9.17) is 0 Å². The molecule has 0 saturated heterocycles. The van der Waals surface area contributed by atoms with Gasteiger partial charge in [-0.1, -0.05) is 84.9 Å². The van der Waals surface area contributed by atoms with E-state index in [-0.39, 0.29) is 19.0 Å². The summed E-state index contributed by atoms with van der Waals surface area (Å²) in [7, 11) is 0. The van der Waals surface area contributed by atoms with E-state index in [9.17, 15) is 10.2 Å². The zero-order valence-corrected chi connectivity index (χ0v) is 17.3. The highest BCUT2D eigenvalue weighted by Crippen LogP contribution is 2.35. The van der Waals surface area contributed by atoms with Crippen molar-refractivity contribution in [3.8, 4) is 0 Å². The quantitative estimate of drug-likeness (QED) is 0.333. The summed E-state index contributed by atoms with van der Waals surface area (Å²) in [4.78, 5) is 0. The smallest absolute Gasteiger partial charge is 0.0965 e. The fraction of sp³-hybridized carbons (Fsp3) is 0.154. The zero-order valence-electron chi connectivity index (χ0n) is 16.5. The van der Waals surface area contributed by atoms with E-state index in [0.29, 0.717) is 6.54 Å². The second kappa shape index (κ2) is 8.58. The summed E-state index contributed by atoms with van der Waals surface area (Å²) in [6, 6.07) is 28.5. The Kier molecular flexibility index (Phi) is 5.89. The third kappa shape index (κ3) is 3.51. The van der Waals surface area contributed by atoms with Gasteiger partial charge in [-0.25, -0.2) is 0 Å². The lowest BCUT2D eigenvalue weighted by molar-refractivity contribution is 0.0892. The van der Waals surface area contributed by atoms with Crippen molar-refractivity contribution < 1.29 is 10.2 Å². The van der Waals surface area contributed by atoms with Crippen LogP contribution in [0.2, 0.25) is 0 Å². The minimum absolute atomic E-state index is 0. The topological polar surface area (TPSA) is 52.5 Å². The molecule has 5 rings (SSSR count). The standard InChI is InChI=1S/C26H23NO2.ClH/c28-16-23(26(29)20-5-2-1-3-6-20)27-15-21-12-11-19-10-9-17-7-4-8-18-13-14-22(21)25(19)24(17)18;/h1-14,23,26-29H,15-16H2;1H. The largest absolute Gasteiger partial charge is 0.395 e. The molecule has 5 aromatic carbocycles. The van der Waals surface area contributed by atoms with Crippen molar-refractivity contribution >= 4 is 44.7 Å². The molecule has 2 unspecified atom stereocenters. The molecule has 0 radical (unpaired) electrons. The number of hydrogen-bond acceptors (Lipinski definition) is 3. The summed E-state index contributed by atoms with van der Waals surface area (Å²) in [6.07, 6.45) is -0.763. The molecule has 0 aromatic heterocycles. The Morgan fingerprint density at radius 3 is 2.03 bits per heavy atom. The van der Waals surface area contributed by atoms with Crippen LogP contribution >= 0.6 is 12.4 Å². The predicted octanol–water partition coefficient (Wildman–Crippen LogP) is 5.19. The van der Waals surface area contributed by atoms with Gasteiger partial charge in [0, 0.05) is 6.54 Å². The van der Waals surface area contributed by atoms with Crippen LogP contribution in [0.3, 0.4) is 0 Å². The molecule has 0 saturated carbocycles. The Labute approximate surface area is 181 Å². The molecule has 0 spiro atoms. The van der Waals surface area contributed by atoms with Gasteiger partial charge in [0.1, 0.15) is 0 Å². The Balaban J connectivity index is 0.00000218. The number of aliphatic hydroxyl groups is 2. The third-order valence-electron chi connectivity index (χ3n) is 5.89. The lowest BCUT2D eigenvalue weighted by atomic mass is 9.92. The molecule has 0 aliphatic carbocycles. The minimum Gasteiger partial charge on any atom is -0.395 e. The molecule has 3 N–H and O–H groups in total. The fourth-order valence-electron chi connectivity index (χ4n) is 4.35. The lowest BCUT2D eigenvalue weighted by Crippen LogP contribution is -2.37. The normalized spacial score (nSPS) is 13.5. The predicted molar refractivity (Wildman–Crippen MR) is 127 cm³/mol. The first-order chi connectivity index (χ1) is 14.3. The van der Waals surface area contributed by atoms with E-state index < -0.39 is 12.1 Å². The maximum Gasteiger partial charge on any atom is 0.0965 e. The first-order valence-electron chi connectivity index (χ1n) is 9.99. The van der Waals surface area contributed by atoms with Gasteiger partial charge in [0.25, 0.3) is 0 Å². The van der Waals surface area contributed by atoms with Crippen molar-refractivity contribution in [2.45, 2.75) is 18.7 Å². The molecule has 5 aromatic rings. The van der Waals surface area contributed by atoms with E-state index >= 15 is 0 Å². The lowest BCUT2D eigenvalue weighted by Gasteiger charge is -2.23. The molecule has 30 heavy (non-hydrogen) atoms. The average molecular weight is 418 g/mol. The van der Waals surface area contributed by atoms with Gasteiger partial charge < -0.3 is 15.5 Å². The van der Waals surface area contributed by atoms with Gasteiger partial charge >= 0.3 is 0 Å². The second-order valence-corrected chi connectivity index (χ2v) is 7.61. The molecule has 3 nitrogen and oxygen atoms in total. The van der Waals surface area contributed by atoms with Gasteiger partial charge in [-0.15, -0.1) is 12.4 Å². The van der Waals surface area contributed by atoms with E-state index in [1.165, 1.54) is 32.3 Å². The van der Waals surface area contributed by atoms with Crippen LogP contribution in [-0.4, -0.2) is 22.9 Å². The summed E-state index contributed by atoms with van der Waals surface area (Å²) in [5, 5.41) is 31.4. The van der Waals surface area contributed by atoms with Gasteiger partial charge in [0.15, 0.2) is 0 Å². The Morgan fingerprint density at radius 2 is 1.33 bits per heavy atom. The van der Waals surface area contributed by atoms with Crippen molar-refractivity contribution in [2.75, 3.05) is 6.61 Å². The number of rotatable bonds is 6. The van der Waals surface area contributed by atoms with Crippen LogP contribution in [0.25, 0.3) is 32.3 Å². The van der Waals surface area contributed by atoms with Gasteiger partial charge in [-0.2, -0.15) is 0 Å². The van der Waals surface area contributed by atoms with Crippen molar-refractivity contribution in [2.24, 2.45) is 0 Å². The number of halogens is 1. The van der Waals surface area contributed by atoms with E-state index in [0.717, 1.165) is 11.1 Å². The van der Waals surface area contributed by atoms with E-state index in [1.807, 2.05) is 30.3 Å². The fourth-order valence-corrected chi connectivity index (χ4v) is 4.35. The van der Waals surface area contributed by atoms with Crippen LogP contribution in [-0.2, 0) is 6.54 Å². The first kappa shape index (κ1) is 20.6. The monoisotopic (exact) mass is 417 g/mol. The Morgan fingerprint density at radius 1 is 0.700 bits per heavy atom. The van der Waals surface area contributed by atoms with Crippen molar-refractivity contribution in [1.82, 2.24) is 5.32 Å². The molecule has 2 atom stereocenters. The van der Waals surface area contributed by atoms with Crippen LogP contribution in [0.4, 0.5) is 0 Å². The van der Waals surface area contributed by atoms with E-state index in [1.54, 1.807) is 0 Å². The van der Waals surface area contributed by atoms with Crippen LogP contribution in [0.1, 0.15) is 17.2 Å². The van der Waals surface area contributed by atoms with Gasteiger partial charge in [-0.05, 0) is 43.4 Å². The van der Waals surface area contributed by atoms with Gasteiger partial charge in [0.2, 0.25) is 0 Å². The maximum atomic E-state index is 10.7. The molecule has 0 fully saturated rings. The summed E-state index contributed by atoms with van der Waals surface area (Å²) in [5.74, 6) is 0. The molecule has 0 aliphatic heterocycles. The summed E-state index contributed by atoms with van der Waals surface area (Å²) in [5.41, 5.74) is 1.96. The number of benzene rings is 5.